The summed E-state index contributed by atoms with van der Waals surface area (Å²) in [6, 6.07) is 2.46. The van der Waals surface area contributed by atoms with Crippen molar-refractivity contribution in [3.8, 4) is 0 Å². The minimum absolute atomic E-state index is 0.119. The molecule has 1 N–H and O–H groups in total. The summed E-state index contributed by atoms with van der Waals surface area (Å²) in [6.07, 6.45) is 1.61. The first-order chi connectivity index (χ1) is 12.8. The number of rotatable bonds is 6. The maximum absolute atomic E-state index is 13.3. The molecule has 6 nitrogen and oxygen atoms in total. The number of hydrogen-bond donors (Lipinski definition) is 1. The molecule has 0 bridgehead atoms. The molecule has 1 aliphatic rings. The first-order valence-electron chi connectivity index (χ1n) is 8.44. The fraction of sp³-hybridized carbons (Fsp3) is 0.412. The van der Waals surface area contributed by atoms with Gasteiger partial charge in [0, 0.05) is 24.9 Å². The Morgan fingerprint density at radius 1 is 1.48 bits per heavy atom. The molecular formula is C17H19ClFN3O3S2. The molecular weight excluding hydrogens is 413 g/mol. The van der Waals surface area contributed by atoms with Gasteiger partial charge in [-0.05, 0) is 38.0 Å². The standard InChI is InChI=1S/C17H19ClFN3O3S2/c1-11-21-12(10-26-11)6-7-20-17(23)16-3-2-8-22(16)27(24,25)13-4-5-15(19)14(18)9-13/h4-5,9-10,16H,2-3,6-8H2,1H3,(H,20,23)/t16-/m1/s1. The van der Waals surface area contributed by atoms with Crippen molar-refractivity contribution in [2.75, 3.05) is 13.1 Å². The van der Waals surface area contributed by atoms with Crippen LogP contribution in [-0.4, -0.2) is 42.7 Å². The third-order valence-electron chi connectivity index (χ3n) is 4.35. The molecule has 0 radical (unpaired) electrons. The molecule has 1 saturated heterocycles. The monoisotopic (exact) mass is 431 g/mol. The largest absolute Gasteiger partial charge is 0.354 e. The van der Waals surface area contributed by atoms with E-state index in [-0.39, 0.29) is 22.4 Å². The number of amides is 1. The van der Waals surface area contributed by atoms with Crippen molar-refractivity contribution in [1.82, 2.24) is 14.6 Å². The summed E-state index contributed by atoms with van der Waals surface area (Å²) in [5, 5.41) is 5.42. The zero-order chi connectivity index (χ0) is 19.6. The van der Waals surface area contributed by atoms with E-state index in [1.807, 2.05) is 12.3 Å². The Bertz CT molecular complexity index is 949. The Morgan fingerprint density at radius 3 is 2.93 bits per heavy atom. The maximum Gasteiger partial charge on any atom is 0.243 e. The van der Waals surface area contributed by atoms with E-state index < -0.39 is 21.9 Å². The fourth-order valence-corrected chi connectivity index (χ4v) is 5.59. The van der Waals surface area contributed by atoms with Crippen LogP contribution in [0, 0.1) is 12.7 Å². The van der Waals surface area contributed by atoms with Crippen LogP contribution in [0.1, 0.15) is 23.5 Å². The lowest BCUT2D eigenvalue weighted by Crippen LogP contribution is -2.46. The Balaban J connectivity index is 1.68. The molecule has 1 amide bonds. The van der Waals surface area contributed by atoms with Crippen molar-refractivity contribution in [2.24, 2.45) is 0 Å². The van der Waals surface area contributed by atoms with Gasteiger partial charge in [0.15, 0.2) is 0 Å². The first kappa shape index (κ1) is 20.2. The molecule has 10 heteroatoms. The number of aromatic nitrogens is 1. The minimum Gasteiger partial charge on any atom is -0.354 e. The van der Waals surface area contributed by atoms with E-state index in [4.69, 9.17) is 11.6 Å². The number of hydrogen-bond acceptors (Lipinski definition) is 5. The van der Waals surface area contributed by atoms with Crippen LogP contribution in [0.3, 0.4) is 0 Å². The van der Waals surface area contributed by atoms with E-state index in [1.165, 1.54) is 4.31 Å². The highest BCUT2D eigenvalue weighted by Crippen LogP contribution is 2.28. The quantitative estimate of drug-likeness (QED) is 0.762. The average molecular weight is 432 g/mol. The molecule has 1 aromatic carbocycles. The number of benzene rings is 1. The molecule has 0 unspecified atom stereocenters. The van der Waals surface area contributed by atoms with E-state index in [2.05, 4.69) is 10.3 Å². The van der Waals surface area contributed by atoms with Crippen LogP contribution in [0.2, 0.25) is 5.02 Å². The van der Waals surface area contributed by atoms with Crippen LogP contribution < -0.4 is 5.32 Å². The number of carbonyl (C=O) groups excluding carboxylic acids is 1. The minimum atomic E-state index is -3.94. The van der Waals surface area contributed by atoms with Gasteiger partial charge in [0.2, 0.25) is 15.9 Å². The zero-order valence-corrected chi connectivity index (χ0v) is 17.0. The van der Waals surface area contributed by atoms with Crippen molar-refractivity contribution < 1.29 is 17.6 Å². The summed E-state index contributed by atoms with van der Waals surface area (Å²) in [6.45, 7) is 2.53. The van der Waals surface area contributed by atoms with Gasteiger partial charge in [0.05, 0.1) is 20.6 Å². The predicted octanol–water partition coefficient (Wildman–Crippen LogP) is 2.76. The van der Waals surface area contributed by atoms with E-state index in [1.54, 1.807) is 11.3 Å². The van der Waals surface area contributed by atoms with Crippen LogP contribution in [0.4, 0.5) is 4.39 Å². The summed E-state index contributed by atoms with van der Waals surface area (Å²) in [5.74, 6) is -1.03. The van der Waals surface area contributed by atoms with Crippen molar-refractivity contribution in [3.05, 3.63) is 45.1 Å². The summed E-state index contributed by atoms with van der Waals surface area (Å²) in [7, 11) is -3.94. The van der Waals surface area contributed by atoms with E-state index in [0.717, 1.165) is 28.9 Å². The number of nitrogens with zero attached hydrogens (tertiary/aromatic N) is 2. The number of carbonyl (C=O) groups is 1. The second-order valence-corrected chi connectivity index (χ2v) is 9.61. The Morgan fingerprint density at radius 2 is 2.26 bits per heavy atom. The molecule has 2 aromatic rings. The molecule has 1 atom stereocenters. The van der Waals surface area contributed by atoms with E-state index in [0.29, 0.717) is 25.8 Å². The highest BCUT2D eigenvalue weighted by molar-refractivity contribution is 7.89. The lowest BCUT2D eigenvalue weighted by atomic mass is 10.2. The molecule has 146 valence electrons. The van der Waals surface area contributed by atoms with Gasteiger partial charge in [-0.25, -0.2) is 17.8 Å². The van der Waals surface area contributed by atoms with Crippen molar-refractivity contribution >= 4 is 38.9 Å². The predicted molar refractivity (Wildman–Crippen MR) is 102 cm³/mol. The number of aryl methyl sites for hydroxylation is 1. The highest BCUT2D eigenvalue weighted by atomic mass is 35.5. The van der Waals surface area contributed by atoms with Crippen LogP contribution >= 0.6 is 22.9 Å². The van der Waals surface area contributed by atoms with Gasteiger partial charge in [-0.1, -0.05) is 11.6 Å². The Hall–Kier alpha value is -1.55. The number of nitrogens with one attached hydrogen (secondary N) is 1. The van der Waals surface area contributed by atoms with Gasteiger partial charge < -0.3 is 5.32 Å². The smallest absolute Gasteiger partial charge is 0.243 e. The van der Waals surface area contributed by atoms with Crippen LogP contribution in [0.5, 0.6) is 0 Å². The van der Waals surface area contributed by atoms with Crippen LogP contribution in [0.15, 0.2) is 28.5 Å². The highest BCUT2D eigenvalue weighted by Gasteiger charge is 2.39. The topological polar surface area (TPSA) is 79.4 Å². The van der Waals surface area contributed by atoms with Crippen molar-refractivity contribution in [1.29, 1.82) is 0 Å². The summed E-state index contributed by atoms with van der Waals surface area (Å²) in [4.78, 5) is 16.7. The van der Waals surface area contributed by atoms with Gasteiger partial charge in [0.25, 0.3) is 0 Å². The molecule has 0 spiro atoms. The number of halogens is 2. The van der Waals surface area contributed by atoms with Gasteiger partial charge in [-0.3, -0.25) is 4.79 Å². The van der Waals surface area contributed by atoms with E-state index >= 15 is 0 Å². The second kappa shape index (κ2) is 8.22. The molecule has 2 heterocycles. The molecule has 3 rings (SSSR count). The molecule has 0 saturated carbocycles. The van der Waals surface area contributed by atoms with Gasteiger partial charge in [-0.15, -0.1) is 11.3 Å². The maximum atomic E-state index is 13.3. The van der Waals surface area contributed by atoms with Crippen molar-refractivity contribution in [3.63, 3.8) is 0 Å². The molecule has 1 fully saturated rings. The Kier molecular flexibility index (Phi) is 6.15. The normalized spacial score (nSPS) is 18.0. The zero-order valence-electron chi connectivity index (χ0n) is 14.6. The summed E-state index contributed by atoms with van der Waals surface area (Å²) < 4.78 is 40.2. The molecule has 0 aliphatic carbocycles. The lowest BCUT2D eigenvalue weighted by Gasteiger charge is -2.23. The molecule has 1 aliphatic heterocycles. The van der Waals surface area contributed by atoms with Crippen molar-refractivity contribution in [2.45, 2.75) is 37.1 Å². The lowest BCUT2D eigenvalue weighted by molar-refractivity contribution is -0.124. The number of thiazole rings is 1. The average Bonchev–Trinajstić information content (AvgIpc) is 3.26. The van der Waals surface area contributed by atoms with Gasteiger partial charge in [0.1, 0.15) is 11.9 Å². The van der Waals surface area contributed by atoms with Gasteiger partial charge >= 0.3 is 0 Å². The van der Waals surface area contributed by atoms with Crippen LogP contribution in [-0.2, 0) is 21.2 Å². The van der Waals surface area contributed by atoms with Gasteiger partial charge in [-0.2, -0.15) is 4.31 Å². The third kappa shape index (κ3) is 4.48. The summed E-state index contributed by atoms with van der Waals surface area (Å²) in [5.41, 5.74) is 0.898. The Labute approximate surface area is 166 Å². The second-order valence-electron chi connectivity index (χ2n) is 6.25. The first-order valence-corrected chi connectivity index (χ1v) is 11.1. The van der Waals surface area contributed by atoms with Crippen LogP contribution in [0.25, 0.3) is 0 Å². The molecule has 27 heavy (non-hydrogen) atoms. The third-order valence-corrected chi connectivity index (χ3v) is 7.37. The number of sulfonamides is 1. The van der Waals surface area contributed by atoms with E-state index in [9.17, 15) is 17.6 Å². The fourth-order valence-electron chi connectivity index (χ4n) is 3.02. The summed E-state index contributed by atoms with van der Waals surface area (Å²) >= 11 is 7.25. The molecule has 1 aromatic heterocycles. The SMILES string of the molecule is Cc1nc(CCNC(=O)[C@H]2CCCN2S(=O)(=O)c2ccc(F)c(Cl)c2)cs1.